The monoisotopic (exact) mass is 262 g/mol. The van der Waals surface area contributed by atoms with E-state index in [9.17, 15) is 4.79 Å². The van der Waals surface area contributed by atoms with Gasteiger partial charge in [-0.15, -0.1) is 12.4 Å². The van der Waals surface area contributed by atoms with Crippen molar-refractivity contribution in [3.05, 3.63) is 28.8 Å². The van der Waals surface area contributed by atoms with Gasteiger partial charge in [-0.2, -0.15) is 0 Å². The normalized spacial score (nSPS) is 10.5. The van der Waals surface area contributed by atoms with Gasteiger partial charge in [0, 0.05) is 11.2 Å². The number of nitrogen functional groups attached to an aromatic ring is 1. The van der Waals surface area contributed by atoms with Crippen LogP contribution >= 0.6 is 24.0 Å². The average Bonchev–Trinajstić information content (AvgIpc) is 1.99. The smallest absolute Gasteiger partial charge is 0.253 e. The topological polar surface area (TPSA) is 55.1 Å². The molecule has 3 N–H and O–H groups in total. The summed E-state index contributed by atoms with van der Waals surface area (Å²) in [6.07, 6.45) is 0. The van der Waals surface area contributed by atoms with Gasteiger partial charge in [0.05, 0.1) is 10.6 Å². The highest BCUT2D eigenvalue weighted by Gasteiger charge is 2.17. The molecule has 0 heterocycles. The van der Waals surface area contributed by atoms with Gasteiger partial charge in [-0.3, -0.25) is 4.79 Å². The van der Waals surface area contributed by atoms with Gasteiger partial charge in [0.25, 0.3) is 5.91 Å². The van der Waals surface area contributed by atoms with Crippen LogP contribution in [0.1, 0.15) is 31.1 Å². The molecule has 0 aromatic heterocycles. The molecule has 90 valence electrons. The lowest BCUT2D eigenvalue weighted by atomic mass is 10.1. The molecule has 1 rings (SSSR count). The molecular formula is C11H16Cl2N2O. The summed E-state index contributed by atoms with van der Waals surface area (Å²) in [6, 6.07) is 4.85. The maximum atomic E-state index is 11.8. The molecule has 0 unspecified atom stereocenters. The van der Waals surface area contributed by atoms with Crippen LogP contribution in [0.3, 0.4) is 0 Å². The number of rotatable bonds is 1. The standard InChI is InChI=1S/C11H15ClN2O.ClH/c1-11(2,3)14-10(15)8-5-4-7(13)6-9(8)12;/h4-6H,13H2,1-3H3,(H,14,15);1H. The third-order valence-corrected chi connectivity index (χ3v) is 2.04. The zero-order valence-corrected chi connectivity index (χ0v) is 11.1. The Balaban J connectivity index is 0.00000225. The predicted octanol–water partition coefficient (Wildman–Crippen LogP) is 2.87. The van der Waals surface area contributed by atoms with Crippen molar-refractivity contribution >= 4 is 35.6 Å². The molecule has 0 atom stereocenters. The molecule has 0 spiro atoms. The number of anilines is 1. The average molecular weight is 263 g/mol. The fourth-order valence-corrected chi connectivity index (χ4v) is 1.40. The second-order valence-corrected chi connectivity index (χ2v) is 4.85. The molecule has 16 heavy (non-hydrogen) atoms. The van der Waals surface area contributed by atoms with Crippen LogP contribution in [0, 0.1) is 0 Å². The lowest BCUT2D eigenvalue weighted by molar-refractivity contribution is 0.0920. The highest BCUT2D eigenvalue weighted by Crippen LogP contribution is 2.19. The van der Waals surface area contributed by atoms with Gasteiger partial charge in [0.1, 0.15) is 0 Å². The number of hydrogen-bond acceptors (Lipinski definition) is 2. The largest absolute Gasteiger partial charge is 0.399 e. The summed E-state index contributed by atoms with van der Waals surface area (Å²) in [4.78, 5) is 11.8. The van der Waals surface area contributed by atoms with E-state index < -0.39 is 0 Å². The highest BCUT2D eigenvalue weighted by atomic mass is 35.5. The first-order chi connectivity index (χ1) is 6.79. The second kappa shape index (κ2) is 5.41. The van der Waals surface area contributed by atoms with Gasteiger partial charge in [0.2, 0.25) is 0 Å². The molecule has 1 aromatic carbocycles. The van der Waals surface area contributed by atoms with Gasteiger partial charge in [0.15, 0.2) is 0 Å². The van der Waals surface area contributed by atoms with Crippen molar-refractivity contribution in [1.82, 2.24) is 5.32 Å². The summed E-state index contributed by atoms with van der Waals surface area (Å²) in [5.41, 5.74) is 6.26. The van der Waals surface area contributed by atoms with E-state index in [0.717, 1.165) is 0 Å². The van der Waals surface area contributed by atoms with Crippen molar-refractivity contribution in [3.8, 4) is 0 Å². The Morgan fingerprint density at radius 1 is 1.38 bits per heavy atom. The lowest BCUT2D eigenvalue weighted by Crippen LogP contribution is -2.40. The first-order valence-electron chi connectivity index (χ1n) is 4.67. The summed E-state index contributed by atoms with van der Waals surface area (Å²) in [6.45, 7) is 5.74. The number of amides is 1. The molecule has 0 aliphatic heterocycles. The van der Waals surface area contributed by atoms with Gasteiger partial charge >= 0.3 is 0 Å². The van der Waals surface area contributed by atoms with Crippen molar-refractivity contribution in [2.75, 3.05) is 5.73 Å². The van der Waals surface area contributed by atoms with Crippen LogP contribution in [0.4, 0.5) is 5.69 Å². The number of nitrogens with two attached hydrogens (primary N) is 1. The molecule has 0 aliphatic carbocycles. The van der Waals surface area contributed by atoms with E-state index in [2.05, 4.69) is 5.32 Å². The molecule has 0 radical (unpaired) electrons. The first-order valence-corrected chi connectivity index (χ1v) is 5.05. The maximum absolute atomic E-state index is 11.8. The lowest BCUT2D eigenvalue weighted by Gasteiger charge is -2.20. The number of nitrogens with one attached hydrogen (secondary N) is 1. The van der Waals surface area contributed by atoms with E-state index in [1.54, 1.807) is 18.2 Å². The number of carbonyl (C=O) groups excluding carboxylic acids is 1. The fourth-order valence-electron chi connectivity index (χ4n) is 1.12. The Morgan fingerprint density at radius 2 is 1.94 bits per heavy atom. The van der Waals surface area contributed by atoms with Crippen molar-refractivity contribution in [1.29, 1.82) is 0 Å². The molecule has 0 aliphatic rings. The van der Waals surface area contributed by atoms with Crippen molar-refractivity contribution in [2.45, 2.75) is 26.3 Å². The SMILES string of the molecule is CC(C)(C)NC(=O)c1ccc(N)cc1Cl.Cl. The predicted molar refractivity (Wildman–Crippen MR) is 70.3 cm³/mol. The van der Waals surface area contributed by atoms with E-state index in [1.807, 2.05) is 20.8 Å². The Hall–Kier alpha value is -0.930. The number of halogens is 2. The zero-order valence-electron chi connectivity index (χ0n) is 9.50. The first kappa shape index (κ1) is 15.1. The summed E-state index contributed by atoms with van der Waals surface area (Å²) in [5.74, 6) is -0.187. The van der Waals surface area contributed by atoms with Crippen molar-refractivity contribution in [2.24, 2.45) is 0 Å². The van der Waals surface area contributed by atoms with E-state index in [0.29, 0.717) is 16.3 Å². The molecular weight excluding hydrogens is 247 g/mol. The number of benzene rings is 1. The van der Waals surface area contributed by atoms with Crippen molar-refractivity contribution < 1.29 is 4.79 Å². The zero-order chi connectivity index (χ0) is 11.6. The fraction of sp³-hybridized carbons (Fsp3) is 0.364. The summed E-state index contributed by atoms with van der Waals surface area (Å²) < 4.78 is 0. The highest BCUT2D eigenvalue weighted by molar-refractivity contribution is 6.34. The Morgan fingerprint density at radius 3 is 2.38 bits per heavy atom. The van der Waals surface area contributed by atoms with Crippen LogP contribution in [0.2, 0.25) is 5.02 Å². The molecule has 0 saturated carbocycles. The number of hydrogen-bond donors (Lipinski definition) is 2. The van der Waals surface area contributed by atoms with Gasteiger partial charge in [-0.25, -0.2) is 0 Å². The summed E-state index contributed by atoms with van der Waals surface area (Å²) >= 11 is 5.91. The van der Waals surface area contributed by atoms with Crippen LogP contribution in [0.15, 0.2) is 18.2 Å². The quantitative estimate of drug-likeness (QED) is 0.765. The molecule has 0 saturated heterocycles. The Bertz CT molecular complexity index is 386. The molecule has 3 nitrogen and oxygen atoms in total. The van der Waals surface area contributed by atoms with Crippen LogP contribution in [0.25, 0.3) is 0 Å². The molecule has 0 fully saturated rings. The molecule has 1 amide bonds. The summed E-state index contributed by atoms with van der Waals surface area (Å²) in [7, 11) is 0. The molecule has 5 heteroatoms. The van der Waals surface area contributed by atoms with Crippen LogP contribution in [-0.2, 0) is 0 Å². The Kier molecular flexibility index (Phi) is 5.10. The third-order valence-electron chi connectivity index (χ3n) is 1.73. The number of carbonyl (C=O) groups is 1. The van der Waals surface area contributed by atoms with Gasteiger partial charge in [-0.05, 0) is 39.0 Å². The minimum atomic E-state index is -0.276. The molecule has 1 aromatic rings. The maximum Gasteiger partial charge on any atom is 0.253 e. The van der Waals surface area contributed by atoms with Crippen LogP contribution in [0.5, 0.6) is 0 Å². The van der Waals surface area contributed by atoms with E-state index in [4.69, 9.17) is 17.3 Å². The van der Waals surface area contributed by atoms with E-state index in [1.165, 1.54) is 0 Å². The Labute approximate surface area is 107 Å². The van der Waals surface area contributed by atoms with Gasteiger partial charge in [-0.1, -0.05) is 11.6 Å². The summed E-state index contributed by atoms with van der Waals surface area (Å²) in [5, 5.41) is 3.20. The molecule has 0 bridgehead atoms. The second-order valence-electron chi connectivity index (χ2n) is 4.44. The van der Waals surface area contributed by atoms with Crippen molar-refractivity contribution in [3.63, 3.8) is 0 Å². The van der Waals surface area contributed by atoms with Gasteiger partial charge < -0.3 is 11.1 Å². The van der Waals surface area contributed by atoms with E-state index in [-0.39, 0.29) is 23.9 Å². The third kappa shape index (κ3) is 4.29. The van der Waals surface area contributed by atoms with Crippen LogP contribution in [-0.4, -0.2) is 11.4 Å². The van der Waals surface area contributed by atoms with Crippen LogP contribution < -0.4 is 11.1 Å². The minimum Gasteiger partial charge on any atom is -0.399 e. The van der Waals surface area contributed by atoms with E-state index >= 15 is 0 Å². The minimum absolute atomic E-state index is 0.